The first-order valence-electron chi connectivity index (χ1n) is 6.57. The third-order valence-corrected chi connectivity index (χ3v) is 4.99. The molecule has 0 atom stereocenters. The SMILES string of the molecule is COc1ccc(Cl)cc1S(=O)(=O)Nc1ccc2c(c1)COC2=O. The lowest BCUT2D eigenvalue weighted by molar-refractivity contribution is 0.0535. The fourth-order valence-corrected chi connectivity index (χ4v) is 3.75. The lowest BCUT2D eigenvalue weighted by Crippen LogP contribution is -2.14. The summed E-state index contributed by atoms with van der Waals surface area (Å²) in [4.78, 5) is 11.3. The molecule has 1 aliphatic heterocycles. The molecule has 1 heterocycles. The highest BCUT2D eigenvalue weighted by atomic mass is 35.5. The standard InChI is InChI=1S/C15H12ClNO5S/c1-21-13-5-2-10(16)7-14(13)23(19,20)17-11-3-4-12-9(6-11)8-22-15(12)18/h2-7,17H,8H2,1H3. The first-order valence-corrected chi connectivity index (χ1v) is 8.43. The molecule has 0 bridgehead atoms. The Morgan fingerprint density at radius 1 is 1.22 bits per heavy atom. The van der Waals surface area contributed by atoms with E-state index in [9.17, 15) is 13.2 Å². The van der Waals surface area contributed by atoms with Gasteiger partial charge in [0.2, 0.25) is 0 Å². The van der Waals surface area contributed by atoms with Crippen molar-refractivity contribution >= 4 is 33.3 Å². The number of halogens is 1. The number of cyclic esters (lactones) is 1. The summed E-state index contributed by atoms with van der Waals surface area (Å²) in [5, 5.41) is 0.277. The van der Waals surface area contributed by atoms with Crippen LogP contribution < -0.4 is 9.46 Å². The molecule has 6 nitrogen and oxygen atoms in total. The topological polar surface area (TPSA) is 81.7 Å². The van der Waals surface area contributed by atoms with Crippen molar-refractivity contribution in [2.45, 2.75) is 11.5 Å². The predicted molar refractivity (Wildman–Crippen MR) is 84.4 cm³/mol. The Hall–Kier alpha value is -2.25. The van der Waals surface area contributed by atoms with Gasteiger partial charge in [0.05, 0.1) is 12.7 Å². The molecule has 0 radical (unpaired) electrons. The fourth-order valence-electron chi connectivity index (χ4n) is 2.27. The summed E-state index contributed by atoms with van der Waals surface area (Å²) < 4.78 is 37.5. The van der Waals surface area contributed by atoms with Gasteiger partial charge in [-0.2, -0.15) is 0 Å². The zero-order chi connectivity index (χ0) is 16.6. The highest BCUT2D eigenvalue weighted by molar-refractivity contribution is 7.92. The normalized spacial score (nSPS) is 13.4. The molecule has 0 fully saturated rings. The smallest absolute Gasteiger partial charge is 0.338 e. The van der Waals surface area contributed by atoms with E-state index in [-0.39, 0.29) is 22.3 Å². The van der Waals surface area contributed by atoms with Crippen LogP contribution in [0.2, 0.25) is 5.02 Å². The number of methoxy groups -OCH3 is 1. The summed E-state index contributed by atoms with van der Waals surface area (Å²) in [5.74, 6) is -0.229. The summed E-state index contributed by atoms with van der Waals surface area (Å²) in [6, 6.07) is 8.92. The van der Waals surface area contributed by atoms with E-state index in [1.54, 1.807) is 6.07 Å². The van der Waals surface area contributed by atoms with Crippen molar-refractivity contribution in [1.82, 2.24) is 0 Å². The maximum Gasteiger partial charge on any atom is 0.338 e. The Morgan fingerprint density at radius 3 is 2.74 bits per heavy atom. The number of hydrogen-bond acceptors (Lipinski definition) is 5. The molecule has 0 unspecified atom stereocenters. The van der Waals surface area contributed by atoms with Crippen LogP contribution in [0.1, 0.15) is 15.9 Å². The minimum atomic E-state index is -3.89. The van der Waals surface area contributed by atoms with Gasteiger partial charge in [-0.1, -0.05) is 11.6 Å². The van der Waals surface area contributed by atoms with Crippen molar-refractivity contribution in [1.29, 1.82) is 0 Å². The Labute approximate surface area is 138 Å². The van der Waals surface area contributed by atoms with Gasteiger partial charge in [0.1, 0.15) is 17.3 Å². The molecule has 8 heteroatoms. The van der Waals surface area contributed by atoms with Gasteiger partial charge in [-0.3, -0.25) is 4.72 Å². The summed E-state index contributed by atoms with van der Waals surface area (Å²) in [6.07, 6.45) is 0. The maximum absolute atomic E-state index is 12.6. The Bertz CT molecular complexity index is 895. The van der Waals surface area contributed by atoms with Crippen molar-refractivity contribution < 1.29 is 22.7 Å². The molecule has 3 rings (SSSR count). The molecular formula is C15H12ClNO5S. The van der Waals surface area contributed by atoms with Crippen molar-refractivity contribution in [2.75, 3.05) is 11.8 Å². The summed E-state index contributed by atoms with van der Waals surface area (Å²) >= 11 is 5.87. The van der Waals surface area contributed by atoms with Crippen LogP contribution >= 0.6 is 11.6 Å². The Morgan fingerprint density at radius 2 is 2.00 bits per heavy atom. The van der Waals surface area contributed by atoms with Gasteiger partial charge in [-0.25, -0.2) is 13.2 Å². The van der Waals surface area contributed by atoms with Crippen LogP contribution in [0, 0.1) is 0 Å². The van der Waals surface area contributed by atoms with Gasteiger partial charge >= 0.3 is 5.97 Å². The van der Waals surface area contributed by atoms with E-state index >= 15 is 0 Å². The number of benzene rings is 2. The van der Waals surface area contributed by atoms with Crippen LogP contribution in [0.5, 0.6) is 5.75 Å². The number of nitrogens with one attached hydrogen (secondary N) is 1. The number of carbonyl (C=O) groups excluding carboxylic acids is 1. The lowest BCUT2D eigenvalue weighted by atomic mass is 10.1. The second kappa shape index (κ2) is 5.75. The van der Waals surface area contributed by atoms with Crippen LogP contribution in [-0.4, -0.2) is 21.5 Å². The molecule has 0 amide bonds. The van der Waals surface area contributed by atoms with Crippen molar-refractivity contribution in [2.24, 2.45) is 0 Å². The third kappa shape index (κ3) is 2.97. The zero-order valence-electron chi connectivity index (χ0n) is 12.0. The molecule has 0 saturated heterocycles. The van der Waals surface area contributed by atoms with Gasteiger partial charge < -0.3 is 9.47 Å². The Kier molecular flexibility index (Phi) is 3.91. The van der Waals surface area contributed by atoms with Gasteiger partial charge in [0, 0.05) is 16.3 Å². The molecule has 23 heavy (non-hydrogen) atoms. The average molecular weight is 354 g/mol. The van der Waals surface area contributed by atoms with Crippen LogP contribution in [0.4, 0.5) is 5.69 Å². The monoisotopic (exact) mass is 353 g/mol. The van der Waals surface area contributed by atoms with E-state index in [2.05, 4.69) is 4.72 Å². The van der Waals surface area contributed by atoms with E-state index in [1.807, 2.05) is 0 Å². The summed E-state index contributed by atoms with van der Waals surface area (Å²) in [6.45, 7) is 0.129. The van der Waals surface area contributed by atoms with Crippen LogP contribution in [0.15, 0.2) is 41.3 Å². The third-order valence-electron chi connectivity index (χ3n) is 3.35. The van der Waals surface area contributed by atoms with E-state index in [4.69, 9.17) is 21.1 Å². The molecular weight excluding hydrogens is 342 g/mol. The number of carbonyl (C=O) groups is 1. The number of ether oxygens (including phenoxy) is 2. The highest BCUT2D eigenvalue weighted by Gasteiger charge is 2.24. The molecule has 0 aliphatic carbocycles. The molecule has 120 valence electrons. The van der Waals surface area contributed by atoms with Gasteiger partial charge in [-0.15, -0.1) is 0 Å². The minimum absolute atomic E-state index is 0.0691. The molecule has 0 aromatic heterocycles. The summed E-state index contributed by atoms with van der Waals surface area (Å²) in [5.41, 5.74) is 1.39. The number of fused-ring (bicyclic) bond motifs is 1. The largest absolute Gasteiger partial charge is 0.495 e. The Balaban J connectivity index is 1.96. The average Bonchev–Trinajstić information content (AvgIpc) is 2.87. The molecule has 0 saturated carbocycles. The van der Waals surface area contributed by atoms with E-state index in [0.29, 0.717) is 16.8 Å². The molecule has 2 aromatic rings. The number of rotatable bonds is 4. The summed E-state index contributed by atoms with van der Waals surface area (Å²) in [7, 11) is -2.52. The minimum Gasteiger partial charge on any atom is -0.495 e. The van der Waals surface area contributed by atoms with E-state index < -0.39 is 16.0 Å². The fraction of sp³-hybridized carbons (Fsp3) is 0.133. The molecule has 1 aliphatic rings. The second-order valence-electron chi connectivity index (χ2n) is 4.85. The maximum atomic E-state index is 12.6. The first-order chi connectivity index (χ1) is 10.9. The first kappa shape index (κ1) is 15.6. The van der Waals surface area contributed by atoms with E-state index in [1.165, 1.54) is 37.4 Å². The predicted octanol–water partition coefficient (Wildman–Crippen LogP) is 2.82. The van der Waals surface area contributed by atoms with Gasteiger partial charge in [0.25, 0.3) is 10.0 Å². The molecule has 1 N–H and O–H groups in total. The number of hydrogen-bond donors (Lipinski definition) is 1. The second-order valence-corrected chi connectivity index (χ2v) is 6.94. The number of sulfonamides is 1. The quantitative estimate of drug-likeness (QED) is 0.855. The van der Waals surface area contributed by atoms with Crippen molar-refractivity contribution in [3.8, 4) is 5.75 Å². The van der Waals surface area contributed by atoms with Crippen LogP contribution in [-0.2, 0) is 21.4 Å². The van der Waals surface area contributed by atoms with Crippen molar-refractivity contribution in [3.63, 3.8) is 0 Å². The zero-order valence-corrected chi connectivity index (χ0v) is 13.6. The van der Waals surface area contributed by atoms with Gasteiger partial charge in [0.15, 0.2) is 0 Å². The lowest BCUT2D eigenvalue weighted by Gasteiger charge is -2.12. The number of esters is 1. The number of anilines is 1. The van der Waals surface area contributed by atoms with Crippen molar-refractivity contribution in [3.05, 3.63) is 52.5 Å². The van der Waals surface area contributed by atoms with Crippen LogP contribution in [0.3, 0.4) is 0 Å². The van der Waals surface area contributed by atoms with Crippen LogP contribution in [0.25, 0.3) is 0 Å². The molecule has 0 spiro atoms. The van der Waals surface area contributed by atoms with Gasteiger partial charge in [-0.05, 0) is 36.4 Å². The van der Waals surface area contributed by atoms with E-state index in [0.717, 1.165) is 0 Å². The highest BCUT2D eigenvalue weighted by Crippen LogP contribution is 2.30. The molecule has 2 aromatic carbocycles.